The third kappa shape index (κ3) is 3.96. The molecule has 0 saturated carbocycles. The number of hydrogen-bond donors (Lipinski definition) is 1. The third-order valence-electron chi connectivity index (χ3n) is 6.83. The van der Waals surface area contributed by atoms with Crippen LogP contribution in [0.3, 0.4) is 0 Å². The fraction of sp³-hybridized carbons (Fsp3) is 0.480. The van der Waals surface area contributed by atoms with Crippen LogP contribution in [0.25, 0.3) is 22.2 Å². The Balaban J connectivity index is 1.48. The maximum Gasteiger partial charge on any atom is 0.251 e. The molecule has 1 N–H and O–H groups in total. The molecule has 1 spiro atoms. The molecule has 10 heteroatoms. The average Bonchev–Trinajstić information content (AvgIpc) is 3.41. The molecule has 1 atom stereocenters. The zero-order chi connectivity index (χ0) is 24.0. The Morgan fingerprint density at radius 3 is 2.91 bits per heavy atom. The molecule has 3 aliphatic heterocycles. The first-order valence-corrected chi connectivity index (χ1v) is 11.8. The van der Waals surface area contributed by atoms with Crippen molar-refractivity contribution in [2.24, 2.45) is 7.05 Å². The van der Waals surface area contributed by atoms with Crippen molar-refractivity contribution in [3.8, 4) is 17.0 Å². The van der Waals surface area contributed by atoms with Crippen LogP contribution in [0.5, 0.6) is 5.75 Å². The number of anilines is 1. The quantitative estimate of drug-likeness (QED) is 0.572. The van der Waals surface area contributed by atoms with Gasteiger partial charge in [0, 0.05) is 62.4 Å². The second-order valence-corrected chi connectivity index (χ2v) is 9.23. The van der Waals surface area contributed by atoms with E-state index in [1.54, 1.807) is 6.20 Å². The highest BCUT2D eigenvalue weighted by Gasteiger charge is 2.44. The van der Waals surface area contributed by atoms with Gasteiger partial charge in [0.05, 0.1) is 49.5 Å². The number of nitrogens with zero attached hydrogens (tertiary/aromatic N) is 3. The van der Waals surface area contributed by atoms with Crippen LogP contribution in [-0.2, 0) is 42.8 Å². The molecule has 0 bridgehead atoms. The molecular weight excluding hydrogens is 452 g/mol. The predicted octanol–water partition coefficient (Wildman–Crippen LogP) is 2.19. The molecule has 2 saturated heterocycles. The molecule has 0 aliphatic carbocycles. The zero-order valence-electron chi connectivity index (χ0n) is 19.8. The van der Waals surface area contributed by atoms with Crippen molar-refractivity contribution in [1.82, 2.24) is 14.5 Å². The normalized spacial score (nSPS) is 21.8. The molecule has 1 unspecified atom stereocenters. The monoisotopic (exact) mass is 480 g/mol. The van der Waals surface area contributed by atoms with Crippen molar-refractivity contribution in [2.45, 2.75) is 24.5 Å². The minimum Gasteiger partial charge on any atom is -0.485 e. The molecule has 3 aliphatic rings. The number of fused-ring (bicyclic) bond motifs is 3. The van der Waals surface area contributed by atoms with Gasteiger partial charge in [0.15, 0.2) is 0 Å². The highest BCUT2D eigenvalue weighted by atomic mass is 16.6. The first-order valence-electron chi connectivity index (χ1n) is 11.8. The summed E-state index contributed by atoms with van der Waals surface area (Å²) in [6.07, 6.45) is 5.31. The molecule has 6 heterocycles. The lowest BCUT2D eigenvalue weighted by Gasteiger charge is -2.36. The van der Waals surface area contributed by atoms with Gasteiger partial charge in [-0.3, -0.25) is 4.79 Å². The first-order chi connectivity index (χ1) is 17.1. The molecule has 3 aromatic heterocycles. The van der Waals surface area contributed by atoms with Crippen LogP contribution in [0.1, 0.15) is 17.7 Å². The highest BCUT2D eigenvalue weighted by Crippen LogP contribution is 2.44. The molecular formula is C25H28N4O6. The third-order valence-corrected chi connectivity index (χ3v) is 6.83. The second-order valence-electron chi connectivity index (χ2n) is 9.23. The number of pyridine rings is 2. The van der Waals surface area contributed by atoms with Crippen LogP contribution in [0.2, 0.25) is 0 Å². The molecule has 35 heavy (non-hydrogen) atoms. The number of nitrogens with one attached hydrogen (secondary N) is 1. The van der Waals surface area contributed by atoms with E-state index in [9.17, 15) is 4.79 Å². The summed E-state index contributed by atoms with van der Waals surface area (Å²) in [4.78, 5) is 21.6. The molecule has 184 valence electrons. The van der Waals surface area contributed by atoms with Gasteiger partial charge in [0.2, 0.25) is 0 Å². The van der Waals surface area contributed by atoms with E-state index < -0.39 is 5.60 Å². The number of aromatic nitrogens is 3. The van der Waals surface area contributed by atoms with Crippen LogP contribution >= 0.6 is 0 Å². The molecule has 6 rings (SSSR count). The number of aryl methyl sites for hydroxylation is 1. The summed E-state index contributed by atoms with van der Waals surface area (Å²) in [5.74, 6) is 1.02. The van der Waals surface area contributed by atoms with Crippen LogP contribution in [0, 0.1) is 0 Å². The summed E-state index contributed by atoms with van der Waals surface area (Å²) >= 11 is 0. The van der Waals surface area contributed by atoms with E-state index in [0.717, 1.165) is 52.0 Å². The maximum atomic E-state index is 12.0. The lowest BCUT2D eigenvalue weighted by molar-refractivity contribution is -0.119. The molecule has 2 fully saturated rings. The summed E-state index contributed by atoms with van der Waals surface area (Å²) in [6.45, 7) is 2.87. The average molecular weight is 481 g/mol. The van der Waals surface area contributed by atoms with Crippen molar-refractivity contribution in [1.29, 1.82) is 0 Å². The van der Waals surface area contributed by atoms with E-state index in [4.69, 9.17) is 28.7 Å². The van der Waals surface area contributed by atoms with E-state index >= 15 is 0 Å². The van der Waals surface area contributed by atoms with Gasteiger partial charge in [0.25, 0.3) is 5.91 Å². The Morgan fingerprint density at radius 1 is 1.29 bits per heavy atom. The van der Waals surface area contributed by atoms with Gasteiger partial charge < -0.3 is 33.6 Å². The summed E-state index contributed by atoms with van der Waals surface area (Å²) in [6, 6.07) is 3.88. The van der Waals surface area contributed by atoms with Gasteiger partial charge in [-0.1, -0.05) is 0 Å². The first kappa shape index (κ1) is 22.4. The Kier molecular flexibility index (Phi) is 5.68. The van der Waals surface area contributed by atoms with Crippen molar-refractivity contribution < 1.29 is 28.5 Å². The summed E-state index contributed by atoms with van der Waals surface area (Å²) in [5, 5.41) is 3.71. The molecule has 3 aromatic rings. The van der Waals surface area contributed by atoms with Gasteiger partial charge in [-0.05, 0) is 6.07 Å². The van der Waals surface area contributed by atoms with E-state index in [1.165, 1.54) is 7.11 Å². The topological polar surface area (TPSA) is 106 Å². The van der Waals surface area contributed by atoms with Gasteiger partial charge >= 0.3 is 0 Å². The lowest BCUT2D eigenvalue weighted by Crippen LogP contribution is -2.40. The SMILES string of the molecule is COCC(=O)Nc1cc2c(-c3cc(OC4COC4)c4c(n3)C3(CCOC3)OCC4)cn(C)c2cn1. The molecule has 0 radical (unpaired) electrons. The second kappa shape index (κ2) is 8.87. The number of methoxy groups -OCH3 is 1. The standard InChI is InChI=1S/C25H28N4O6/c1-29-10-18(17-7-22(26-9-20(17)29)28-23(30)13-31-2)19-8-21(35-15-11-33-12-15)16-3-5-34-25(24(16)27-19)4-6-32-14-25/h7-10,15H,3-6,11-14H2,1-2H3,(H,26,28,30). The van der Waals surface area contributed by atoms with Crippen LogP contribution in [0.15, 0.2) is 24.5 Å². The van der Waals surface area contributed by atoms with Crippen molar-refractivity contribution in [3.05, 3.63) is 35.8 Å². The minimum atomic E-state index is -0.552. The van der Waals surface area contributed by atoms with Gasteiger partial charge in [0.1, 0.15) is 29.9 Å². The number of amides is 1. The number of rotatable bonds is 6. The Bertz CT molecular complexity index is 1280. The fourth-order valence-electron chi connectivity index (χ4n) is 5.00. The zero-order valence-corrected chi connectivity index (χ0v) is 19.8. The predicted molar refractivity (Wildman–Crippen MR) is 126 cm³/mol. The summed E-state index contributed by atoms with van der Waals surface area (Å²) < 4.78 is 30.7. The number of carbonyl (C=O) groups excluding carboxylic acids is 1. The van der Waals surface area contributed by atoms with E-state index in [-0.39, 0.29) is 18.6 Å². The van der Waals surface area contributed by atoms with Gasteiger partial charge in [-0.25, -0.2) is 9.97 Å². The van der Waals surface area contributed by atoms with Crippen molar-refractivity contribution >= 4 is 22.6 Å². The number of carbonyl (C=O) groups is 1. The van der Waals surface area contributed by atoms with Crippen molar-refractivity contribution in [2.75, 3.05) is 52.1 Å². The van der Waals surface area contributed by atoms with Gasteiger partial charge in [-0.2, -0.15) is 0 Å². The fourth-order valence-corrected chi connectivity index (χ4v) is 5.00. The van der Waals surface area contributed by atoms with Crippen molar-refractivity contribution in [3.63, 3.8) is 0 Å². The van der Waals surface area contributed by atoms with E-state index in [2.05, 4.69) is 10.3 Å². The van der Waals surface area contributed by atoms with E-state index in [0.29, 0.717) is 38.9 Å². The van der Waals surface area contributed by atoms with E-state index in [1.807, 2.05) is 29.9 Å². The van der Waals surface area contributed by atoms with Gasteiger partial charge in [-0.15, -0.1) is 0 Å². The number of ether oxygens (including phenoxy) is 5. The smallest absolute Gasteiger partial charge is 0.251 e. The highest BCUT2D eigenvalue weighted by molar-refractivity contribution is 5.99. The Hall–Kier alpha value is -3.05. The lowest BCUT2D eigenvalue weighted by atomic mass is 9.89. The Labute approximate surface area is 202 Å². The molecule has 10 nitrogen and oxygen atoms in total. The summed E-state index contributed by atoms with van der Waals surface area (Å²) in [5.41, 5.74) is 4.06. The molecule has 0 aromatic carbocycles. The van der Waals surface area contributed by atoms with Crippen LogP contribution in [-0.4, -0.2) is 73.3 Å². The largest absolute Gasteiger partial charge is 0.485 e. The maximum absolute atomic E-state index is 12.0. The number of hydrogen-bond acceptors (Lipinski definition) is 8. The van der Waals surface area contributed by atoms with Crippen LogP contribution in [0.4, 0.5) is 5.82 Å². The minimum absolute atomic E-state index is 0.0345. The Morgan fingerprint density at radius 2 is 2.17 bits per heavy atom. The van der Waals surface area contributed by atoms with Crippen LogP contribution < -0.4 is 10.1 Å². The molecule has 1 amide bonds. The summed E-state index contributed by atoms with van der Waals surface area (Å²) in [7, 11) is 3.45.